The molecule has 3 aromatic rings. The van der Waals surface area contributed by atoms with Crippen LogP contribution in [0.2, 0.25) is 5.02 Å². The van der Waals surface area contributed by atoms with Gasteiger partial charge in [0.15, 0.2) is 0 Å². The normalized spacial score (nSPS) is 14.9. The van der Waals surface area contributed by atoms with Gasteiger partial charge < -0.3 is 19.3 Å². The van der Waals surface area contributed by atoms with E-state index in [2.05, 4.69) is 23.7 Å². The highest BCUT2D eigenvalue weighted by atomic mass is 35.5. The lowest BCUT2D eigenvalue weighted by atomic mass is 9.84. The molecule has 1 aromatic heterocycles. The Morgan fingerprint density at radius 1 is 1.17 bits per heavy atom. The number of phenolic OH excluding ortho intramolecular Hbond substituents is 1. The van der Waals surface area contributed by atoms with Crippen molar-refractivity contribution in [2.45, 2.75) is 26.3 Å². The van der Waals surface area contributed by atoms with Crippen LogP contribution < -0.4 is 10.2 Å². The second-order valence-corrected chi connectivity index (χ2v) is 7.72. The van der Waals surface area contributed by atoms with E-state index in [1.807, 2.05) is 34.9 Å². The molecule has 30 heavy (non-hydrogen) atoms. The van der Waals surface area contributed by atoms with Gasteiger partial charge in [-0.2, -0.15) is 0 Å². The average molecular weight is 425 g/mol. The minimum Gasteiger partial charge on any atom is -0.508 e. The van der Waals surface area contributed by atoms with E-state index >= 15 is 0 Å². The van der Waals surface area contributed by atoms with Crippen LogP contribution in [-0.2, 0) is 6.54 Å². The minimum atomic E-state index is -0.307. The number of phenols is 1. The first-order valence-corrected chi connectivity index (χ1v) is 10.5. The smallest absolute Gasteiger partial charge is 0.228 e. The molecule has 2 N–H and O–H groups in total. The number of nitrogens with one attached hydrogen (secondary N) is 1. The van der Waals surface area contributed by atoms with Crippen LogP contribution in [0.25, 0.3) is 0 Å². The summed E-state index contributed by atoms with van der Waals surface area (Å²) < 4.78 is 7.85. The first-order chi connectivity index (χ1) is 14.5. The monoisotopic (exact) mass is 424 g/mol. The lowest BCUT2D eigenvalue weighted by Gasteiger charge is -2.29. The van der Waals surface area contributed by atoms with Crippen LogP contribution in [0.1, 0.15) is 36.5 Å². The molecule has 0 saturated carbocycles. The standard InChI is InChI=1S/C23H25ClN4O2/c1-3-27(4-2)11-12-28-14-26-23-21(22(28)25)20(16-7-5-6-8-18(16)24)17-10-9-15(29)13-19(17)30-23/h5-10,13-14,20,25,29H,3-4,11-12H2,1-2H3/t20-/m1/s1. The number of likely N-dealkylation sites (N-methyl/N-ethyl adjacent to an activating group) is 1. The van der Waals surface area contributed by atoms with Gasteiger partial charge in [-0.05, 0) is 30.8 Å². The van der Waals surface area contributed by atoms with Crippen molar-refractivity contribution in [1.82, 2.24) is 14.5 Å². The Kier molecular flexibility index (Phi) is 5.79. The maximum Gasteiger partial charge on any atom is 0.228 e. The fourth-order valence-electron chi connectivity index (χ4n) is 3.95. The zero-order valence-electron chi connectivity index (χ0n) is 17.1. The zero-order valence-corrected chi connectivity index (χ0v) is 17.9. The molecule has 6 nitrogen and oxygen atoms in total. The molecule has 1 atom stereocenters. The Hall–Kier alpha value is -2.83. The predicted octanol–water partition coefficient (Wildman–Crippen LogP) is 4.35. The molecule has 0 amide bonds. The first-order valence-electron chi connectivity index (χ1n) is 10.1. The van der Waals surface area contributed by atoms with Crippen molar-refractivity contribution >= 4 is 11.6 Å². The van der Waals surface area contributed by atoms with Crippen LogP contribution in [0.5, 0.6) is 17.4 Å². The van der Waals surface area contributed by atoms with Crippen LogP contribution in [0.4, 0.5) is 0 Å². The zero-order chi connectivity index (χ0) is 21.3. The third-order valence-corrected chi connectivity index (χ3v) is 6.00. The molecule has 156 valence electrons. The van der Waals surface area contributed by atoms with E-state index in [-0.39, 0.29) is 11.7 Å². The number of halogens is 1. The number of hydrogen-bond donors (Lipinski definition) is 2. The van der Waals surface area contributed by atoms with Crippen molar-refractivity contribution in [1.29, 1.82) is 5.41 Å². The Bertz CT molecular complexity index is 1120. The molecule has 0 fully saturated rings. The lowest BCUT2D eigenvalue weighted by molar-refractivity contribution is 0.286. The third kappa shape index (κ3) is 3.68. The van der Waals surface area contributed by atoms with Gasteiger partial charge in [0.25, 0.3) is 0 Å². The molecular weight excluding hydrogens is 400 g/mol. The van der Waals surface area contributed by atoms with Crippen LogP contribution in [0.15, 0.2) is 48.8 Å². The summed E-state index contributed by atoms with van der Waals surface area (Å²) in [4.78, 5) is 6.83. The average Bonchev–Trinajstić information content (AvgIpc) is 2.75. The number of rotatable bonds is 6. The highest BCUT2D eigenvalue weighted by Crippen LogP contribution is 2.47. The number of benzene rings is 2. The largest absolute Gasteiger partial charge is 0.508 e. The van der Waals surface area contributed by atoms with Crippen LogP contribution in [0.3, 0.4) is 0 Å². The number of ether oxygens (including phenoxy) is 1. The molecule has 0 radical (unpaired) electrons. The van der Waals surface area contributed by atoms with Crippen LogP contribution in [0, 0.1) is 5.41 Å². The number of fused-ring (bicyclic) bond motifs is 2. The summed E-state index contributed by atoms with van der Waals surface area (Å²) in [5.41, 5.74) is 2.77. The van der Waals surface area contributed by atoms with Gasteiger partial charge in [-0.3, -0.25) is 5.41 Å². The molecule has 2 heterocycles. The van der Waals surface area contributed by atoms with E-state index in [0.717, 1.165) is 30.8 Å². The van der Waals surface area contributed by atoms with E-state index in [0.29, 0.717) is 34.2 Å². The summed E-state index contributed by atoms with van der Waals surface area (Å²) in [6.07, 6.45) is 1.65. The van der Waals surface area contributed by atoms with E-state index in [9.17, 15) is 5.11 Å². The molecule has 0 unspecified atom stereocenters. The summed E-state index contributed by atoms with van der Waals surface area (Å²) >= 11 is 6.57. The Balaban J connectivity index is 1.85. The van der Waals surface area contributed by atoms with E-state index in [4.69, 9.17) is 21.7 Å². The summed E-state index contributed by atoms with van der Waals surface area (Å²) in [6.45, 7) is 7.70. The van der Waals surface area contributed by atoms with E-state index in [1.165, 1.54) is 0 Å². The van der Waals surface area contributed by atoms with Gasteiger partial charge in [0.1, 0.15) is 23.3 Å². The minimum absolute atomic E-state index is 0.117. The van der Waals surface area contributed by atoms with Gasteiger partial charge in [0.2, 0.25) is 5.88 Å². The first kappa shape index (κ1) is 20.4. The highest BCUT2D eigenvalue weighted by molar-refractivity contribution is 6.31. The van der Waals surface area contributed by atoms with Gasteiger partial charge >= 0.3 is 0 Å². The second kappa shape index (κ2) is 8.50. The summed E-state index contributed by atoms with van der Waals surface area (Å²) in [7, 11) is 0. The summed E-state index contributed by atoms with van der Waals surface area (Å²) in [6, 6.07) is 12.7. The van der Waals surface area contributed by atoms with Crippen LogP contribution in [-0.4, -0.2) is 39.2 Å². The van der Waals surface area contributed by atoms with Gasteiger partial charge in [0.05, 0.1) is 5.56 Å². The predicted molar refractivity (Wildman–Crippen MR) is 116 cm³/mol. The van der Waals surface area contributed by atoms with Crippen molar-refractivity contribution < 1.29 is 9.84 Å². The van der Waals surface area contributed by atoms with E-state index in [1.54, 1.807) is 18.5 Å². The maximum atomic E-state index is 9.94. The molecule has 1 aliphatic rings. The SMILES string of the molecule is CCN(CC)CCn1cnc2c(c1=N)[C@H](c1ccccc1Cl)c1ccc(O)cc1O2. The number of hydrogen-bond acceptors (Lipinski definition) is 5. The fraction of sp³-hybridized carbons (Fsp3) is 0.304. The number of nitrogens with zero attached hydrogens (tertiary/aromatic N) is 3. The quantitative estimate of drug-likeness (QED) is 0.482. The number of aromatic nitrogens is 2. The van der Waals surface area contributed by atoms with Gasteiger partial charge in [-0.25, -0.2) is 4.98 Å². The highest BCUT2D eigenvalue weighted by Gasteiger charge is 2.33. The van der Waals surface area contributed by atoms with Gasteiger partial charge in [0, 0.05) is 35.7 Å². The second-order valence-electron chi connectivity index (χ2n) is 7.31. The molecular formula is C23H25ClN4O2. The van der Waals surface area contributed by atoms with Crippen LogP contribution >= 0.6 is 11.6 Å². The van der Waals surface area contributed by atoms with Crippen molar-refractivity contribution in [3.05, 3.63) is 76.0 Å². The fourth-order valence-corrected chi connectivity index (χ4v) is 4.19. The Morgan fingerprint density at radius 2 is 1.93 bits per heavy atom. The molecule has 4 rings (SSSR count). The molecule has 0 aliphatic carbocycles. The third-order valence-electron chi connectivity index (χ3n) is 5.66. The molecule has 2 aromatic carbocycles. The molecule has 0 saturated heterocycles. The maximum absolute atomic E-state index is 9.94. The van der Waals surface area contributed by atoms with Crippen molar-refractivity contribution in [3.8, 4) is 17.4 Å². The Labute approximate surface area is 180 Å². The van der Waals surface area contributed by atoms with Gasteiger partial charge in [-0.1, -0.05) is 49.7 Å². The topological polar surface area (TPSA) is 74.4 Å². The molecule has 7 heteroatoms. The molecule has 1 aliphatic heterocycles. The van der Waals surface area contributed by atoms with Crippen molar-refractivity contribution in [2.24, 2.45) is 0 Å². The van der Waals surface area contributed by atoms with E-state index < -0.39 is 0 Å². The number of aromatic hydroxyl groups is 1. The van der Waals surface area contributed by atoms with Gasteiger partial charge in [-0.15, -0.1) is 0 Å². The summed E-state index contributed by atoms with van der Waals surface area (Å²) in [5, 5.41) is 19.5. The summed E-state index contributed by atoms with van der Waals surface area (Å²) in [5.74, 6) is 0.715. The van der Waals surface area contributed by atoms with Crippen molar-refractivity contribution in [3.63, 3.8) is 0 Å². The molecule has 0 bridgehead atoms. The molecule has 0 spiro atoms. The van der Waals surface area contributed by atoms with Crippen molar-refractivity contribution in [2.75, 3.05) is 19.6 Å². The lowest BCUT2D eigenvalue weighted by Crippen LogP contribution is -2.34. The Morgan fingerprint density at radius 3 is 2.67 bits per heavy atom.